The molecule has 2 aromatic heterocycles. The van der Waals surface area contributed by atoms with E-state index in [1.807, 2.05) is 38.1 Å². The molecule has 0 unspecified atom stereocenters. The Morgan fingerprint density at radius 3 is 2.27 bits per heavy atom. The van der Waals surface area contributed by atoms with Crippen molar-refractivity contribution < 1.29 is 18.0 Å². The van der Waals surface area contributed by atoms with Crippen LogP contribution in [0.15, 0.2) is 41.8 Å². The number of nitrogens with zero attached hydrogens (tertiary/aromatic N) is 2. The number of hydrogen-bond donors (Lipinski definition) is 1. The summed E-state index contributed by atoms with van der Waals surface area (Å²) in [5.74, 6) is -0.360. The van der Waals surface area contributed by atoms with E-state index in [0.29, 0.717) is 5.56 Å². The fourth-order valence-electron chi connectivity index (χ4n) is 2.62. The van der Waals surface area contributed by atoms with E-state index < -0.39 is 11.9 Å². The number of amides is 1. The van der Waals surface area contributed by atoms with Crippen LogP contribution in [0.4, 0.5) is 13.2 Å². The van der Waals surface area contributed by atoms with Gasteiger partial charge < -0.3 is 9.88 Å². The van der Waals surface area contributed by atoms with Gasteiger partial charge in [-0.05, 0) is 50.2 Å². The maximum absolute atomic E-state index is 12.5. The predicted octanol–water partition coefficient (Wildman–Crippen LogP) is 4.50. The van der Waals surface area contributed by atoms with Crippen molar-refractivity contribution in [1.82, 2.24) is 14.9 Å². The zero-order valence-electron chi connectivity index (χ0n) is 14.1. The third-order valence-corrected chi connectivity index (χ3v) is 4.75. The zero-order chi connectivity index (χ0) is 18.9. The molecule has 1 N–H and O–H groups in total. The summed E-state index contributed by atoms with van der Waals surface area (Å²) in [6, 6.07) is 11.1. The molecule has 0 saturated heterocycles. The lowest BCUT2D eigenvalue weighted by Gasteiger charge is -2.10. The molecule has 0 fully saturated rings. The van der Waals surface area contributed by atoms with Crippen LogP contribution in [-0.4, -0.2) is 15.5 Å². The zero-order valence-corrected chi connectivity index (χ0v) is 14.9. The van der Waals surface area contributed by atoms with Crippen molar-refractivity contribution in [3.63, 3.8) is 0 Å². The van der Waals surface area contributed by atoms with E-state index in [-0.39, 0.29) is 17.5 Å². The van der Waals surface area contributed by atoms with E-state index >= 15 is 0 Å². The molecular formula is C18H16F3N3OS. The number of aromatic nitrogens is 2. The van der Waals surface area contributed by atoms with Gasteiger partial charge >= 0.3 is 6.18 Å². The molecule has 8 heteroatoms. The topological polar surface area (TPSA) is 46.9 Å². The second-order valence-electron chi connectivity index (χ2n) is 5.81. The van der Waals surface area contributed by atoms with Gasteiger partial charge in [0.1, 0.15) is 5.01 Å². The van der Waals surface area contributed by atoms with E-state index in [4.69, 9.17) is 0 Å². The van der Waals surface area contributed by atoms with Crippen LogP contribution in [0.3, 0.4) is 0 Å². The number of nitrogens with one attached hydrogen (secondary N) is 1. The van der Waals surface area contributed by atoms with Gasteiger partial charge in [0.2, 0.25) is 0 Å². The van der Waals surface area contributed by atoms with E-state index in [9.17, 15) is 18.0 Å². The second-order valence-corrected chi connectivity index (χ2v) is 6.75. The van der Waals surface area contributed by atoms with Crippen LogP contribution in [0.5, 0.6) is 0 Å². The molecule has 4 nitrogen and oxygen atoms in total. The molecule has 2 heterocycles. The number of hydrogen-bond acceptors (Lipinski definition) is 3. The number of aryl methyl sites for hydroxylation is 2. The van der Waals surface area contributed by atoms with Crippen LogP contribution in [0.2, 0.25) is 0 Å². The molecule has 0 radical (unpaired) electrons. The van der Waals surface area contributed by atoms with Crippen molar-refractivity contribution in [3.8, 4) is 5.69 Å². The van der Waals surface area contributed by atoms with E-state index in [1.54, 1.807) is 12.1 Å². The maximum Gasteiger partial charge on any atom is 0.434 e. The number of benzene rings is 1. The van der Waals surface area contributed by atoms with Crippen molar-refractivity contribution in [1.29, 1.82) is 0 Å². The highest BCUT2D eigenvalue weighted by atomic mass is 32.1. The Hall–Kier alpha value is -2.61. The lowest BCUT2D eigenvalue weighted by Crippen LogP contribution is -2.22. The Bertz CT molecular complexity index is 907. The fraction of sp³-hybridized carbons (Fsp3) is 0.222. The SMILES string of the molecule is Cc1ccc(C)n1-c1ccc(C(=O)NCc2nc(C(F)(F)F)cs2)cc1. The van der Waals surface area contributed by atoms with Crippen molar-refractivity contribution in [2.45, 2.75) is 26.6 Å². The first-order valence-corrected chi connectivity index (χ1v) is 8.69. The number of carbonyl (C=O) groups excluding carboxylic acids is 1. The molecule has 136 valence electrons. The highest BCUT2D eigenvalue weighted by molar-refractivity contribution is 7.09. The monoisotopic (exact) mass is 379 g/mol. The van der Waals surface area contributed by atoms with Crippen LogP contribution in [0.1, 0.15) is 32.4 Å². The maximum atomic E-state index is 12.5. The Balaban J connectivity index is 1.66. The minimum Gasteiger partial charge on any atom is -0.346 e. The van der Waals surface area contributed by atoms with E-state index in [0.717, 1.165) is 33.8 Å². The molecule has 26 heavy (non-hydrogen) atoms. The fourth-order valence-corrected chi connectivity index (χ4v) is 3.36. The Labute approximate surface area is 152 Å². The van der Waals surface area contributed by atoms with Gasteiger partial charge in [-0.2, -0.15) is 13.2 Å². The van der Waals surface area contributed by atoms with Gasteiger partial charge in [-0.25, -0.2) is 4.98 Å². The number of carbonyl (C=O) groups is 1. The quantitative estimate of drug-likeness (QED) is 0.726. The third kappa shape index (κ3) is 3.80. The van der Waals surface area contributed by atoms with Crippen molar-refractivity contribution in [2.24, 2.45) is 0 Å². The molecule has 1 aromatic carbocycles. The Morgan fingerprint density at radius 1 is 1.12 bits per heavy atom. The van der Waals surface area contributed by atoms with Gasteiger partial charge in [-0.15, -0.1) is 11.3 Å². The van der Waals surface area contributed by atoms with Gasteiger partial charge in [0.05, 0.1) is 6.54 Å². The molecule has 1 amide bonds. The lowest BCUT2D eigenvalue weighted by atomic mass is 10.2. The predicted molar refractivity (Wildman–Crippen MR) is 93.5 cm³/mol. The molecule has 3 aromatic rings. The number of alkyl halides is 3. The first-order valence-electron chi connectivity index (χ1n) is 7.81. The number of halogens is 3. The Kier molecular flexibility index (Phi) is 4.86. The van der Waals surface area contributed by atoms with Gasteiger partial charge in [0.25, 0.3) is 5.91 Å². The first-order chi connectivity index (χ1) is 12.3. The summed E-state index contributed by atoms with van der Waals surface area (Å²) in [5.41, 5.74) is 2.61. The minimum absolute atomic E-state index is 0.0445. The van der Waals surface area contributed by atoms with Gasteiger partial charge in [-0.3, -0.25) is 4.79 Å². The number of rotatable bonds is 4. The molecular weight excluding hydrogens is 363 g/mol. The summed E-state index contributed by atoms with van der Waals surface area (Å²) in [4.78, 5) is 15.7. The standard InChI is InChI=1S/C18H16F3N3OS/c1-11-3-4-12(2)24(11)14-7-5-13(6-8-14)17(25)22-9-16-23-15(10-26-16)18(19,20)21/h3-8,10H,9H2,1-2H3,(H,22,25). The van der Waals surface area contributed by atoms with E-state index in [2.05, 4.69) is 14.9 Å². The minimum atomic E-state index is -4.47. The molecule has 0 aliphatic carbocycles. The second kappa shape index (κ2) is 6.95. The van der Waals surface area contributed by atoms with Crippen LogP contribution in [0, 0.1) is 13.8 Å². The molecule has 0 atom stereocenters. The van der Waals surface area contributed by atoms with Gasteiger partial charge in [0.15, 0.2) is 5.69 Å². The molecule has 3 rings (SSSR count). The van der Waals surface area contributed by atoms with Crippen molar-refractivity contribution in [2.75, 3.05) is 0 Å². The molecule has 0 aliphatic heterocycles. The molecule has 0 bridgehead atoms. The average Bonchev–Trinajstić information content (AvgIpc) is 3.20. The normalized spacial score (nSPS) is 11.6. The van der Waals surface area contributed by atoms with Crippen molar-refractivity contribution >= 4 is 17.2 Å². The van der Waals surface area contributed by atoms with E-state index in [1.165, 1.54) is 0 Å². The van der Waals surface area contributed by atoms with Crippen LogP contribution in [-0.2, 0) is 12.7 Å². The smallest absolute Gasteiger partial charge is 0.346 e. The first kappa shape index (κ1) is 18.2. The highest BCUT2D eigenvalue weighted by Gasteiger charge is 2.33. The Morgan fingerprint density at radius 2 is 1.73 bits per heavy atom. The van der Waals surface area contributed by atoms with Gasteiger partial charge in [0, 0.05) is 28.0 Å². The summed E-state index contributed by atoms with van der Waals surface area (Å²) in [6.07, 6.45) is -4.47. The van der Waals surface area contributed by atoms with Crippen molar-refractivity contribution in [3.05, 3.63) is 69.4 Å². The van der Waals surface area contributed by atoms with Crippen LogP contribution < -0.4 is 5.32 Å². The third-order valence-electron chi connectivity index (χ3n) is 3.90. The van der Waals surface area contributed by atoms with Crippen LogP contribution >= 0.6 is 11.3 Å². The van der Waals surface area contributed by atoms with Crippen LogP contribution in [0.25, 0.3) is 5.69 Å². The average molecular weight is 379 g/mol. The largest absolute Gasteiger partial charge is 0.434 e. The molecule has 0 saturated carbocycles. The highest BCUT2D eigenvalue weighted by Crippen LogP contribution is 2.29. The summed E-state index contributed by atoms with van der Waals surface area (Å²) in [7, 11) is 0. The molecule has 0 aliphatic rings. The van der Waals surface area contributed by atoms with Gasteiger partial charge in [-0.1, -0.05) is 0 Å². The summed E-state index contributed by atoms with van der Waals surface area (Å²) >= 11 is 0.868. The lowest BCUT2D eigenvalue weighted by molar-refractivity contribution is -0.140. The summed E-state index contributed by atoms with van der Waals surface area (Å²) in [5, 5.41) is 3.74. The molecule has 0 spiro atoms. The summed E-state index contributed by atoms with van der Waals surface area (Å²) < 4.78 is 39.7. The number of thiazole rings is 1. The summed E-state index contributed by atoms with van der Waals surface area (Å²) in [6.45, 7) is 3.95.